The Morgan fingerprint density at radius 1 is 0.731 bits per heavy atom. The number of carbonyl (C=O) groups is 1. The van der Waals surface area contributed by atoms with Crippen molar-refractivity contribution in [2.24, 2.45) is 0 Å². The van der Waals surface area contributed by atoms with Crippen LogP contribution < -0.4 is 10.6 Å². The van der Waals surface area contributed by atoms with Gasteiger partial charge in [-0.3, -0.25) is 4.79 Å². The van der Waals surface area contributed by atoms with E-state index in [1.807, 2.05) is 69.3 Å². The van der Waals surface area contributed by atoms with Crippen LogP contribution in [0.3, 0.4) is 0 Å². The molecular formula is C22H21NaO2P. The zero-order valence-corrected chi connectivity index (χ0v) is 18.6. The number of aryl methyl sites for hydroxylation is 3. The van der Waals surface area contributed by atoms with E-state index in [9.17, 15) is 9.36 Å². The van der Waals surface area contributed by atoms with Gasteiger partial charge in [0, 0.05) is 45.7 Å². The molecule has 3 aromatic carbocycles. The van der Waals surface area contributed by atoms with Crippen LogP contribution in [0.1, 0.15) is 27.0 Å². The second-order valence-corrected chi connectivity index (χ2v) is 9.02. The maximum absolute atomic E-state index is 14.2. The predicted molar refractivity (Wildman–Crippen MR) is 110 cm³/mol. The van der Waals surface area contributed by atoms with Gasteiger partial charge in [0.2, 0.25) is 12.7 Å². The van der Waals surface area contributed by atoms with Crippen molar-refractivity contribution >= 4 is 52.8 Å². The van der Waals surface area contributed by atoms with Crippen molar-refractivity contribution in [3.05, 3.63) is 95.1 Å². The molecule has 0 saturated carbocycles. The molecule has 0 aliphatic heterocycles. The van der Waals surface area contributed by atoms with Crippen LogP contribution >= 0.6 is 7.14 Å². The Balaban J connectivity index is 0.00000243. The Labute approximate surface area is 177 Å². The minimum absolute atomic E-state index is 0. The average molecular weight is 371 g/mol. The Morgan fingerprint density at radius 2 is 1.12 bits per heavy atom. The number of rotatable bonds is 4. The topological polar surface area (TPSA) is 34.1 Å². The molecule has 0 spiro atoms. The fraction of sp³-hybridized carbons (Fsp3) is 0.136. The number of hydrogen-bond acceptors (Lipinski definition) is 2. The van der Waals surface area contributed by atoms with Crippen LogP contribution in [0.2, 0.25) is 0 Å². The van der Waals surface area contributed by atoms with E-state index in [4.69, 9.17) is 0 Å². The third-order valence-corrected chi connectivity index (χ3v) is 7.26. The maximum atomic E-state index is 14.2. The van der Waals surface area contributed by atoms with E-state index in [0.717, 1.165) is 16.7 Å². The molecule has 3 rings (SSSR count). The number of benzene rings is 3. The molecule has 0 heterocycles. The molecule has 0 N–H and O–H groups in total. The van der Waals surface area contributed by atoms with Crippen LogP contribution in [-0.4, -0.2) is 35.1 Å². The van der Waals surface area contributed by atoms with Gasteiger partial charge in [-0.1, -0.05) is 78.4 Å². The Kier molecular flexibility index (Phi) is 6.82. The quantitative estimate of drug-likeness (QED) is 0.504. The van der Waals surface area contributed by atoms with E-state index in [1.165, 1.54) is 0 Å². The van der Waals surface area contributed by atoms with Crippen molar-refractivity contribution in [3.8, 4) is 0 Å². The van der Waals surface area contributed by atoms with Gasteiger partial charge in [0.05, 0.1) is 0 Å². The van der Waals surface area contributed by atoms with Crippen LogP contribution in [-0.2, 0) is 4.57 Å². The molecule has 3 aromatic rings. The van der Waals surface area contributed by atoms with Crippen molar-refractivity contribution in [2.45, 2.75) is 20.8 Å². The van der Waals surface area contributed by atoms with Crippen molar-refractivity contribution in [2.75, 3.05) is 0 Å². The standard InChI is InChI=1S/C22H21O2P.Na/c1-16-14-17(2)21(18(3)15-16)22(23)25(24,19-10-6-4-7-11-19)20-12-8-5-9-13-20;/h4-15H,1-3H3;. The van der Waals surface area contributed by atoms with Gasteiger partial charge in [-0.25, -0.2) is 0 Å². The summed E-state index contributed by atoms with van der Waals surface area (Å²) in [5, 5.41) is 1.15. The van der Waals surface area contributed by atoms with E-state index < -0.39 is 7.14 Å². The van der Waals surface area contributed by atoms with E-state index >= 15 is 0 Å². The largest absolute Gasteiger partial charge is 0.305 e. The van der Waals surface area contributed by atoms with Gasteiger partial charge < -0.3 is 4.57 Å². The molecule has 0 unspecified atom stereocenters. The first-order chi connectivity index (χ1) is 11.9. The summed E-state index contributed by atoms with van der Waals surface area (Å²) in [6.07, 6.45) is 0. The average Bonchev–Trinajstić information content (AvgIpc) is 2.61. The molecule has 0 fully saturated rings. The van der Waals surface area contributed by atoms with Crippen LogP contribution in [0.4, 0.5) is 0 Å². The molecule has 26 heavy (non-hydrogen) atoms. The Morgan fingerprint density at radius 3 is 1.50 bits per heavy atom. The second-order valence-electron chi connectivity index (χ2n) is 6.36. The van der Waals surface area contributed by atoms with Gasteiger partial charge in [-0.15, -0.1) is 0 Å². The summed E-state index contributed by atoms with van der Waals surface area (Å²) in [5.74, 6) is 0. The van der Waals surface area contributed by atoms with E-state index in [-0.39, 0.29) is 35.1 Å². The van der Waals surface area contributed by atoms with Crippen LogP contribution in [0.5, 0.6) is 0 Å². The van der Waals surface area contributed by atoms with E-state index in [0.29, 0.717) is 16.2 Å². The maximum Gasteiger partial charge on any atom is 0.230 e. The molecule has 0 atom stereocenters. The molecule has 0 aromatic heterocycles. The molecule has 0 aliphatic rings. The van der Waals surface area contributed by atoms with Crippen LogP contribution in [0.25, 0.3) is 0 Å². The van der Waals surface area contributed by atoms with Crippen LogP contribution in [0, 0.1) is 20.8 Å². The van der Waals surface area contributed by atoms with Crippen molar-refractivity contribution < 1.29 is 9.36 Å². The van der Waals surface area contributed by atoms with Gasteiger partial charge in [-0.2, -0.15) is 0 Å². The van der Waals surface area contributed by atoms with E-state index in [1.54, 1.807) is 24.3 Å². The second kappa shape index (κ2) is 8.50. The summed E-state index contributed by atoms with van der Waals surface area (Å²) in [6.45, 7) is 5.82. The zero-order valence-electron chi connectivity index (χ0n) is 15.7. The van der Waals surface area contributed by atoms with Gasteiger partial charge in [0.1, 0.15) is 0 Å². The summed E-state index contributed by atoms with van der Waals surface area (Å²) in [5.41, 5.74) is 3.12. The van der Waals surface area contributed by atoms with Crippen molar-refractivity contribution in [1.29, 1.82) is 0 Å². The number of hydrogen-bond donors (Lipinski definition) is 0. The minimum Gasteiger partial charge on any atom is -0.305 e. The zero-order chi connectivity index (χ0) is 18.0. The predicted octanol–water partition coefficient (Wildman–Crippen LogP) is 4.39. The molecule has 0 bridgehead atoms. The summed E-state index contributed by atoms with van der Waals surface area (Å²) in [7, 11) is -3.44. The molecule has 0 amide bonds. The monoisotopic (exact) mass is 371 g/mol. The Hall–Kier alpha value is -1.44. The van der Waals surface area contributed by atoms with Crippen molar-refractivity contribution in [1.82, 2.24) is 0 Å². The normalized spacial score (nSPS) is 10.9. The molecule has 0 saturated heterocycles. The Bertz CT molecular complexity index is 899. The fourth-order valence-electron chi connectivity index (χ4n) is 3.33. The fourth-order valence-corrected chi connectivity index (χ4v) is 5.95. The summed E-state index contributed by atoms with van der Waals surface area (Å²) in [4.78, 5) is 13.6. The first kappa shape index (κ1) is 20.9. The van der Waals surface area contributed by atoms with Gasteiger partial charge in [0.15, 0.2) is 0 Å². The minimum atomic E-state index is -3.44. The molecule has 1 radical (unpaired) electrons. The third-order valence-electron chi connectivity index (χ3n) is 4.42. The molecule has 0 aliphatic carbocycles. The smallest absolute Gasteiger partial charge is 0.230 e. The van der Waals surface area contributed by atoms with Crippen molar-refractivity contribution in [3.63, 3.8) is 0 Å². The summed E-state index contributed by atoms with van der Waals surface area (Å²) >= 11 is 0. The molecule has 2 nitrogen and oxygen atoms in total. The van der Waals surface area contributed by atoms with Gasteiger partial charge in [0.25, 0.3) is 0 Å². The molecular weight excluding hydrogens is 350 g/mol. The summed E-state index contributed by atoms with van der Waals surface area (Å²) < 4.78 is 14.2. The SMILES string of the molecule is Cc1cc(C)c(C(=O)P(=O)(c2ccccc2)c2ccccc2)c(C)c1.[Na]. The van der Waals surface area contributed by atoms with Gasteiger partial charge >= 0.3 is 0 Å². The molecule has 127 valence electrons. The first-order valence-electron chi connectivity index (χ1n) is 8.28. The number of carbonyl (C=O) groups excluding carboxylic acids is 1. The van der Waals surface area contributed by atoms with Crippen LogP contribution in [0.15, 0.2) is 72.8 Å². The first-order valence-corrected chi connectivity index (χ1v) is 9.99. The van der Waals surface area contributed by atoms with Gasteiger partial charge in [-0.05, 0) is 31.9 Å². The molecule has 4 heteroatoms. The summed E-state index contributed by atoms with van der Waals surface area (Å²) in [6, 6.07) is 22.1. The third kappa shape index (κ3) is 3.80. The van der Waals surface area contributed by atoms with E-state index in [2.05, 4.69) is 0 Å².